The van der Waals surface area contributed by atoms with E-state index in [1.807, 2.05) is 19.1 Å². The van der Waals surface area contributed by atoms with E-state index in [1.54, 1.807) is 19.3 Å². The molecular formula is C17H12ClF3N4OS. The molecule has 0 aliphatic rings. The van der Waals surface area contributed by atoms with Gasteiger partial charge in [-0.1, -0.05) is 16.8 Å². The normalized spacial score (nSPS) is 12.3. The fourth-order valence-corrected chi connectivity index (χ4v) is 3.34. The molecule has 0 atom stereocenters. The number of rotatable bonds is 4. The second kappa shape index (κ2) is 7.61. The van der Waals surface area contributed by atoms with Gasteiger partial charge in [0.1, 0.15) is 10.0 Å². The average Bonchev–Trinajstić information content (AvgIpc) is 3.02. The van der Waals surface area contributed by atoms with Crippen molar-refractivity contribution in [3.05, 3.63) is 57.9 Å². The summed E-state index contributed by atoms with van der Waals surface area (Å²) in [4.78, 5) is 18.0. The molecule has 10 heteroatoms. The third-order valence-corrected chi connectivity index (χ3v) is 5.02. The Morgan fingerprint density at radius 3 is 2.70 bits per heavy atom. The van der Waals surface area contributed by atoms with Crippen LogP contribution in [0.1, 0.15) is 23.1 Å². The van der Waals surface area contributed by atoms with E-state index < -0.39 is 11.7 Å². The summed E-state index contributed by atoms with van der Waals surface area (Å²) in [6.45, 7) is 3.53. The molecule has 27 heavy (non-hydrogen) atoms. The average molecular weight is 413 g/mol. The number of alkyl halides is 3. The minimum Gasteiger partial charge on any atom is -0.335 e. The summed E-state index contributed by atoms with van der Waals surface area (Å²) in [6, 6.07) is 4.45. The maximum absolute atomic E-state index is 12.6. The number of halogens is 4. The predicted molar refractivity (Wildman–Crippen MR) is 97.2 cm³/mol. The lowest BCUT2D eigenvalue weighted by molar-refractivity contribution is -0.137. The quantitative estimate of drug-likeness (QED) is 0.426. The zero-order chi connectivity index (χ0) is 19.6. The van der Waals surface area contributed by atoms with Crippen molar-refractivity contribution in [1.82, 2.24) is 15.0 Å². The van der Waals surface area contributed by atoms with Crippen molar-refractivity contribution in [1.29, 1.82) is 0 Å². The van der Waals surface area contributed by atoms with E-state index in [-0.39, 0.29) is 10.9 Å². The molecule has 0 aliphatic heterocycles. The lowest BCUT2D eigenvalue weighted by Crippen LogP contribution is -2.06. The van der Waals surface area contributed by atoms with Crippen molar-refractivity contribution < 1.29 is 18.0 Å². The zero-order valence-electron chi connectivity index (χ0n) is 14.1. The Morgan fingerprint density at radius 1 is 1.30 bits per heavy atom. The van der Waals surface area contributed by atoms with Crippen LogP contribution in [0.2, 0.25) is 5.02 Å². The minimum absolute atomic E-state index is 0.210. The van der Waals surface area contributed by atoms with Gasteiger partial charge in [0.2, 0.25) is 0 Å². The molecule has 0 saturated heterocycles. The smallest absolute Gasteiger partial charge is 0.335 e. The standard InChI is InChI=1S/C17H12ClF3N4OS/c1-9-14(27-16(24-9)11-4-3-5-22-7-11)10(2)25-26-15-13(18)6-12(8-23-15)17(19,20)21/h3-8H,1-2H3. The topological polar surface area (TPSA) is 60.3 Å². The molecule has 3 aromatic rings. The van der Waals surface area contributed by atoms with Crippen LogP contribution in [-0.2, 0) is 6.18 Å². The van der Waals surface area contributed by atoms with Crippen LogP contribution in [-0.4, -0.2) is 20.7 Å². The van der Waals surface area contributed by atoms with Crippen molar-refractivity contribution in [2.45, 2.75) is 20.0 Å². The van der Waals surface area contributed by atoms with Crippen LogP contribution in [0.5, 0.6) is 5.88 Å². The molecule has 0 bridgehead atoms. The molecule has 0 amide bonds. The number of pyridine rings is 2. The van der Waals surface area contributed by atoms with Gasteiger partial charge in [-0.15, -0.1) is 11.3 Å². The van der Waals surface area contributed by atoms with Gasteiger partial charge >= 0.3 is 6.18 Å². The second-order valence-electron chi connectivity index (χ2n) is 5.45. The van der Waals surface area contributed by atoms with Gasteiger partial charge in [-0.3, -0.25) is 4.98 Å². The van der Waals surface area contributed by atoms with Crippen molar-refractivity contribution in [2.24, 2.45) is 5.16 Å². The lowest BCUT2D eigenvalue weighted by Gasteiger charge is -2.07. The molecule has 140 valence electrons. The first-order chi connectivity index (χ1) is 12.8. The number of hydrogen-bond donors (Lipinski definition) is 0. The summed E-state index contributed by atoms with van der Waals surface area (Å²) in [6.07, 6.45) is -0.509. The van der Waals surface area contributed by atoms with Crippen molar-refractivity contribution in [3.63, 3.8) is 0 Å². The van der Waals surface area contributed by atoms with E-state index in [0.717, 1.165) is 27.2 Å². The fourth-order valence-electron chi connectivity index (χ4n) is 2.15. The van der Waals surface area contributed by atoms with Crippen LogP contribution in [0.25, 0.3) is 10.6 Å². The first-order valence-corrected chi connectivity index (χ1v) is 8.77. The number of aryl methyl sites for hydroxylation is 1. The van der Waals surface area contributed by atoms with Crippen molar-refractivity contribution >= 4 is 28.6 Å². The fraction of sp³-hybridized carbons (Fsp3) is 0.176. The molecule has 0 aromatic carbocycles. The van der Waals surface area contributed by atoms with E-state index in [2.05, 4.69) is 20.1 Å². The third kappa shape index (κ3) is 4.42. The minimum atomic E-state index is -4.53. The summed E-state index contributed by atoms with van der Waals surface area (Å²) in [5.41, 5.74) is 1.16. The first kappa shape index (κ1) is 19.2. The van der Waals surface area contributed by atoms with Gasteiger partial charge < -0.3 is 4.84 Å². The molecule has 0 aliphatic carbocycles. The molecule has 5 nitrogen and oxygen atoms in total. The third-order valence-electron chi connectivity index (χ3n) is 3.44. The largest absolute Gasteiger partial charge is 0.417 e. The van der Waals surface area contributed by atoms with Crippen LogP contribution >= 0.6 is 22.9 Å². The molecule has 0 radical (unpaired) electrons. The molecule has 3 rings (SSSR count). The highest BCUT2D eigenvalue weighted by atomic mass is 35.5. The molecule has 0 saturated carbocycles. The summed E-state index contributed by atoms with van der Waals surface area (Å²) in [7, 11) is 0. The second-order valence-corrected chi connectivity index (χ2v) is 6.86. The Balaban J connectivity index is 1.82. The molecule has 0 unspecified atom stereocenters. The number of oxime groups is 1. The maximum Gasteiger partial charge on any atom is 0.417 e. The van der Waals surface area contributed by atoms with Crippen molar-refractivity contribution in [2.75, 3.05) is 0 Å². The number of nitrogens with zero attached hydrogens (tertiary/aromatic N) is 4. The van der Waals surface area contributed by atoms with Gasteiger partial charge in [0.05, 0.1) is 21.8 Å². The molecule has 3 aromatic heterocycles. The Morgan fingerprint density at radius 2 is 2.07 bits per heavy atom. The Labute approximate surface area is 161 Å². The zero-order valence-corrected chi connectivity index (χ0v) is 15.7. The van der Waals surface area contributed by atoms with E-state index in [0.29, 0.717) is 11.9 Å². The van der Waals surface area contributed by atoms with Gasteiger partial charge in [-0.2, -0.15) is 13.2 Å². The molecule has 0 spiro atoms. The van der Waals surface area contributed by atoms with Gasteiger partial charge in [0.25, 0.3) is 5.88 Å². The van der Waals surface area contributed by atoms with Crippen molar-refractivity contribution in [3.8, 4) is 16.5 Å². The Kier molecular flexibility index (Phi) is 5.43. The van der Waals surface area contributed by atoms with Crippen LogP contribution in [0, 0.1) is 6.92 Å². The number of thiazole rings is 1. The molecule has 0 fully saturated rings. The summed E-state index contributed by atoms with van der Waals surface area (Å²) >= 11 is 7.21. The highest BCUT2D eigenvalue weighted by molar-refractivity contribution is 7.17. The molecule has 3 heterocycles. The Bertz CT molecular complexity index is 990. The SMILES string of the molecule is CC(=NOc1ncc(C(F)(F)F)cc1Cl)c1sc(-c2cccnc2)nc1C. The predicted octanol–water partition coefficient (Wildman–Crippen LogP) is 5.38. The lowest BCUT2D eigenvalue weighted by atomic mass is 10.3. The van der Waals surface area contributed by atoms with Crippen LogP contribution in [0.15, 0.2) is 41.9 Å². The highest BCUT2D eigenvalue weighted by Crippen LogP contribution is 2.33. The van der Waals surface area contributed by atoms with E-state index in [9.17, 15) is 13.2 Å². The van der Waals surface area contributed by atoms with E-state index >= 15 is 0 Å². The summed E-state index contributed by atoms with van der Waals surface area (Å²) < 4.78 is 37.9. The van der Waals surface area contributed by atoms with Crippen LogP contribution in [0.3, 0.4) is 0 Å². The molecular weight excluding hydrogens is 401 g/mol. The van der Waals surface area contributed by atoms with E-state index in [4.69, 9.17) is 16.4 Å². The summed E-state index contributed by atoms with van der Waals surface area (Å²) in [5.74, 6) is -0.210. The summed E-state index contributed by atoms with van der Waals surface area (Å²) in [5, 5.41) is 4.42. The van der Waals surface area contributed by atoms with Gasteiger partial charge in [0, 0.05) is 24.2 Å². The van der Waals surface area contributed by atoms with Crippen LogP contribution < -0.4 is 4.84 Å². The first-order valence-electron chi connectivity index (χ1n) is 7.58. The van der Waals surface area contributed by atoms with Gasteiger partial charge in [-0.05, 0) is 32.0 Å². The Hall–Kier alpha value is -2.52. The highest BCUT2D eigenvalue weighted by Gasteiger charge is 2.31. The van der Waals surface area contributed by atoms with Crippen LogP contribution in [0.4, 0.5) is 13.2 Å². The molecule has 0 N–H and O–H groups in total. The monoisotopic (exact) mass is 412 g/mol. The number of hydrogen-bond acceptors (Lipinski definition) is 6. The van der Waals surface area contributed by atoms with E-state index in [1.165, 1.54) is 11.3 Å². The maximum atomic E-state index is 12.6. The van der Waals surface area contributed by atoms with Gasteiger partial charge in [-0.25, -0.2) is 9.97 Å². The number of aromatic nitrogens is 3. The van der Waals surface area contributed by atoms with Gasteiger partial charge in [0.15, 0.2) is 0 Å².